The van der Waals surface area contributed by atoms with E-state index in [-0.39, 0.29) is 0 Å². The van der Waals surface area contributed by atoms with E-state index in [0.717, 1.165) is 6.42 Å². The van der Waals surface area contributed by atoms with Crippen LogP contribution < -0.4 is 0 Å². The lowest BCUT2D eigenvalue weighted by molar-refractivity contribution is 0.525. The molecule has 0 atom stereocenters. The van der Waals surface area contributed by atoms with E-state index in [1.54, 1.807) is 0 Å². The summed E-state index contributed by atoms with van der Waals surface area (Å²) in [4.78, 5) is 0. The van der Waals surface area contributed by atoms with Crippen LogP contribution in [0.15, 0.2) is 0 Å². The van der Waals surface area contributed by atoms with Crippen LogP contribution in [0.2, 0.25) is 0 Å². The highest BCUT2D eigenvalue weighted by molar-refractivity contribution is 7.72. The molecule has 0 heterocycles. The number of hydrogen-bond acceptors (Lipinski definition) is 2. The van der Waals surface area contributed by atoms with E-state index in [2.05, 4.69) is 0 Å². The van der Waals surface area contributed by atoms with Crippen LogP contribution in [-0.2, 0) is 10.7 Å². The van der Waals surface area contributed by atoms with Crippen LogP contribution in [-0.4, -0.2) is 14.2 Å². The topological polar surface area (TPSA) is 34.1 Å². The Kier molecular flexibility index (Phi) is 3.19. The van der Waals surface area contributed by atoms with Crippen LogP contribution in [0.4, 0.5) is 0 Å². The van der Waals surface area contributed by atoms with Crippen molar-refractivity contribution < 1.29 is 8.42 Å². The van der Waals surface area contributed by atoms with Gasteiger partial charge in [0.25, 0.3) is 0 Å². The van der Waals surface area contributed by atoms with Crippen LogP contribution in [0.5, 0.6) is 0 Å². The molecule has 0 aliphatic heterocycles. The summed E-state index contributed by atoms with van der Waals surface area (Å²) in [5.41, 5.74) is 0. The van der Waals surface area contributed by atoms with E-state index >= 15 is 0 Å². The molecule has 0 bridgehead atoms. The van der Waals surface area contributed by atoms with E-state index in [1.807, 2.05) is 0 Å². The van der Waals surface area contributed by atoms with Crippen molar-refractivity contribution in [2.45, 2.75) is 32.1 Å². The van der Waals surface area contributed by atoms with Crippen molar-refractivity contribution in [3.63, 3.8) is 0 Å². The molecular weight excluding hydrogens is 148 g/mol. The number of thiol groups is 1. The fourth-order valence-corrected chi connectivity index (χ4v) is 2.16. The summed E-state index contributed by atoms with van der Waals surface area (Å²) in [6.45, 7) is 0. The molecule has 0 aromatic heterocycles. The van der Waals surface area contributed by atoms with Crippen molar-refractivity contribution in [2.24, 2.45) is 5.92 Å². The molecule has 60 valence electrons. The molecule has 1 rings (SSSR count). The molecule has 3 heteroatoms. The first-order valence-electron chi connectivity index (χ1n) is 3.91. The van der Waals surface area contributed by atoms with Crippen molar-refractivity contribution in [2.75, 3.05) is 5.75 Å². The lowest BCUT2D eigenvalue weighted by Crippen LogP contribution is -1.97. The first-order valence-corrected chi connectivity index (χ1v) is 5.27. The van der Waals surface area contributed by atoms with Crippen molar-refractivity contribution in [1.29, 1.82) is 0 Å². The van der Waals surface area contributed by atoms with Gasteiger partial charge in [0, 0.05) is 5.75 Å². The maximum absolute atomic E-state index is 10.2. The highest BCUT2D eigenvalue weighted by Crippen LogP contribution is 2.27. The molecule has 1 saturated carbocycles. The van der Waals surface area contributed by atoms with Gasteiger partial charge >= 0.3 is 0 Å². The second-order valence-electron chi connectivity index (χ2n) is 3.00. The summed E-state index contributed by atoms with van der Waals surface area (Å²) >= 11 is 0. The molecule has 0 spiro atoms. The van der Waals surface area contributed by atoms with Crippen LogP contribution in [0.25, 0.3) is 0 Å². The summed E-state index contributed by atoms with van der Waals surface area (Å²) in [6, 6.07) is 0. The molecule has 10 heavy (non-hydrogen) atoms. The van der Waals surface area contributed by atoms with Gasteiger partial charge in [-0.1, -0.05) is 25.7 Å². The standard InChI is InChI=1S/C7H14O2S/c8-10(9)6-5-7-3-1-2-4-7/h7,10H,1-6H2. The van der Waals surface area contributed by atoms with Crippen molar-refractivity contribution in [1.82, 2.24) is 0 Å². The Morgan fingerprint density at radius 3 is 2.30 bits per heavy atom. The molecule has 0 aromatic rings. The molecule has 1 fully saturated rings. The lowest BCUT2D eigenvalue weighted by atomic mass is 10.1. The zero-order valence-electron chi connectivity index (χ0n) is 6.08. The lowest BCUT2D eigenvalue weighted by Gasteiger charge is -2.03. The summed E-state index contributed by atoms with van der Waals surface area (Å²) in [6.07, 6.45) is 6.02. The predicted molar refractivity (Wildman–Crippen MR) is 41.8 cm³/mol. The van der Waals surface area contributed by atoms with Gasteiger partial charge < -0.3 is 0 Å². The molecule has 0 amide bonds. The second kappa shape index (κ2) is 3.96. The van der Waals surface area contributed by atoms with Crippen molar-refractivity contribution >= 4 is 10.7 Å². The SMILES string of the molecule is O=[SH](=O)CCC1CCCC1. The Balaban J connectivity index is 2.12. The number of rotatable bonds is 3. The van der Waals surface area contributed by atoms with Gasteiger partial charge in [-0.25, -0.2) is 8.42 Å². The first kappa shape index (κ1) is 8.05. The van der Waals surface area contributed by atoms with Gasteiger partial charge in [-0.3, -0.25) is 0 Å². The summed E-state index contributed by atoms with van der Waals surface area (Å²) in [5, 5.41) is 0. The van der Waals surface area contributed by atoms with Crippen molar-refractivity contribution in [3.05, 3.63) is 0 Å². The van der Waals surface area contributed by atoms with E-state index in [1.165, 1.54) is 25.7 Å². The summed E-state index contributed by atoms with van der Waals surface area (Å²) in [7, 11) is -2.12. The van der Waals surface area contributed by atoms with Gasteiger partial charge in [0.05, 0.1) is 0 Å². The molecule has 2 nitrogen and oxygen atoms in total. The summed E-state index contributed by atoms with van der Waals surface area (Å²) < 4.78 is 20.4. The van der Waals surface area contributed by atoms with Gasteiger partial charge in [0.15, 0.2) is 0 Å². The average molecular weight is 162 g/mol. The minimum atomic E-state index is -2.12. The smallest absolute Gasteiger partial charge is 0.140 e. The molecule has 0 unspecified atom stereocenters. The average Bonchev–Trinajstić information content (AvgIpc) is 2.34. The van der Waals surface area contributed by atoms with Crippen LogP contribution in [0.1, 0.15) is 32.1 Å². The third-order valence-corrected chi connectivity index (χ3v) is 2.82. The van der Waals surface area contributed by atoms with E-state index in [9.17, 15) is 8.42 Å². The highest BCUT2D eigenvalue weighted by Gasteiger charge is 2.14. The Hall–Kier alpha value is -0.0500. The van der Waals surface area contributed by atoms with Gasteiger partial charge in [-0.15, -0.1) is 0 Å². The van der Waals surface area contributed by atoms with Crippen LogP contribution in [0, 0.1) is 5.92 Å². The monoisotopic (exact) mass is 162 g/mol. The highest BCUT2D eigenvalue weighted by atomic mass is 32.2. The molecule has 0 aromatic carbocycles. The van der Waals surface area contributed by atoms with E-state index in [4.69, 9.17) is 0 Å². The third kappa shape index (κ3) is 2.69. The molecule has 0 N–H and O–H groups in total. The summed E-state index contributed by atoms with van der Waals surface area (Å²) in [5.74, 6) is 1.12. The van der Waals surface area contributed by atoms with E-state index in [0.29, 0.717) is 11.7 Å². The molecule has 0 radical (unpaired) electrons. The number of hydrogen-bond donors (Lipinski definition) is 1. The normalized spacial score (nSPS) is 20.5. The Morgan fingerprint density at radius 2 is 1.80 bits per heavy atom. The Morgan fingerprint density at radius 1 is 1.20 bits per heavy atom. The Bertz CT molecular complexity index is 149. The van der Waals surface area contributed by atoms with Gasteiger partial charge in [-0.05, 0) is 12.3 Å². The maximum atomic E-state index is 10.2. The largest absolute Gasteiger partial charge is 0.232 e. The van der Waals surface area contributed by atoms with Crippen molar-refractivity contribution in [3.8, 4) is 0 Å². The predicted octanol–water partition coefficient (Wildman–Crippen LogP) is 1.18. The minimum absolute atomic E-state index is 0.403. The quantitative estimate of drug-likeness (QED) is 0.632. The fourth-order valence-electron chi connectivity index (χ4n) is 1.59. The first-order chi connectivity index (χ1) is 4.79. The molecular formula is C7H14O2S. The Labute approximate surface area is 63.6 Å². The van der Waals surface area contributed by atoms with E-state index < -0.39 is 10.7 Å². The zero-order valence-corrected chi connectivity index (χ0v) is 6.98. The van der Waals surface area contributed by atoms with Gasteiger partial charge in [-0.2, -0.15) is 0 Å². The minimum Gasteiger partial charge on any atom is -0.232 e. The van der Waals surface area contributed by atoms with Crippen LogP contribution in [0.3, 0.4) is 0 Å². The third-order valence-electron chi connectivity index (χ3n) is 2.19. The van der Waals surface area contributed by atoms with Gasteiger partial charge in [0.1, 0.15) is 10.7 Å². The molecule has 1 aliphatic rings. The van der Waals surface area contributed by atoms with Gasteiger partial charge in [0.2, 0.25) is 0 Å². The second-order valence-corrected chi connectivity index (χ2v) is 4.11. The fraction of sp³-hybridized carbons (Fsp3) is 1.00. The van der Waals surface area contributed by atoms with Crippen LogP contribution >= 0.6 is 0 Å². The molecule has 0 saturated heterocycles. The zero-order chi connectivity index (χ0) is 7.40. The maximum Gasteiger partial charge on any atom is 0.140 e. The molecule has 1 aliphatic carbocycles.